The monoisotopic (exact) mass is 418 g/mol. The van der Waals surface area contributed by atoms with Gasteiger partial charge in [0.25, 0.3) is 0 Å². The topological polar surface area (TPSA) is 112 Å². The molecule has 0 spiro atoms. The van der Waals surface area contributed by atoms with Crippen molar-refractivity contribution in [1.82, 2.24) is 0 Å². The van der Waals surface area contributed by atoms with Crippen LogP contribution in [-0.2, 0) is 24.0 Å². The summed E-state index contributed by atoms with van der Waals surface area (Å²) >= 11 is 1.33. The smallest absolute Gasteiger partial charge is 2.00 e. The summed E-state index contributed by atoms with van der Waals surface area (Å²) in [7, 11) is 0. The van der Waals surface area contributed by atoms with Crippen LogP contribution in [0.3, 0.4) is 0 Å². The minimum Gasteiger partial charge on any atom is -2.00 e. The molecule has 0 N–H and O–H groups in total. The average molecular weight is 418 g/mol. The average Bonchev–Trinajstić information content (AvgIpc) is 2.62. The number of aliphatic imine (C=N–C) groups is 1. The summed E-state index contributed by atoms with van der Waals surface area (Å²) < 4.78 is 0. The molecule has 0 aliphatic carbocycles. The van der Waals surface area contributed by atoms with E-state index >= 15 is 0 Å². The summed E-state index contributed by atoms with van der Waals surface area (Å²) in [6.45, 7) is 5.38. The third-order valence-corrected chi connectivity index (χ3v) is 3.97. The van der Waals surface area contributed by atoms with Crippen LogP contribution in [0, 0.1) is 0 Å². The maximum absolute atomic E-state index is 11.8. The van der Waals surface area contributed by atoms with Crippen molar-refractivity contribution in [3.8, 4) is 11.5 Å². The van der Waals surface area contributed by atoms with E-state index in [1.165, 1.54) is 30.1 Å². The zero-order valence-corrected chi connectivity index (χ0v) is 16.8. The molecule has 6 nitrogen and oxygen atoms in total. The second-order valence-corrected chi connectivity index (χ2v) is 5.95. The van der Waals surface area contributed by atoms with Gasteiger partial charge in [-0.2, -0.15) is 5.10 Å². The van der Waals surface area contributed by atoms with Crippen LogP contribution in [0.2, 0.25) is 0 Å². The van der Waals surface area contributed by atoms with Crippen LogP contribution in [0.1, 0.15) is 18.1 Å². The van der Waals surface area contributed by atoms with Crippen molar-refractivity contribution >= 4 is 28.9 Å². The molecule has 0 bridgehead atoms. The molecule has 2 aromatic carbocycles. The van der Waals surface area contributed by atoms with Gasteiger partial charge in [-0.25, -0.2) is 4.99 Å². The van der Waals surface area contributed by atoms with Crippen LogP contribution in [0.15, 0.2) is 76.4 Å². The minimum atomic E-state index is -0.112. The molecule has 0 aromatic heterocycles. The fourth-order valence-corrected chi connectivity index (χ4v) is 2.37. The van der Waals surface area contributed by atoms with Gasteiger partial charge in [0.15, 0.2) is 0 Å². The fourth-order valence-electron chi connectivity index (χ4n) is 1.87. The Morgan fingerprint density at radius 1 is 1.04 bits per heavy atom. The van der Waals surface area contributed by atoms with E-state index in [1.807, 2.05) is 0 Å². The third kappa shape index (κ3) is 7.84. The Labute approximate surface area is 174 Å². The summed E-state index contributed by atoms with van der Waals surface area (Å²) in [4.78, 5) is 4.24. The van der Waals surface area contributed by atoms with Crippen molar-refractivity contribution < 1.29 is 34.2 Å². The predicted octanol–water partition coefficient (Wildman–Crippen LogP) is 2.83. The summed E-state index contributed by atoms with van der Waals surface area (Å²) in [5.41, 5.74) is 1.47. The third-order valence-electron chi connectivity index (χ3n) is 3.13. The SMILES string of the molecule is C=CCSC(/N=C/c1ccccc1[O-])=N/N=C(\C)c1ccccc1[O-].[O-2].[V+4]. The number of thioether (sulfide) groups is 1. The minimum absolute atomic E-state index is 0. The predicted molar refractivity (Wildman–Crippen MR) is 102 cm³/mol. The van der Waals surface area contributed by atoms with E-state index in [4.69, 9.17) is 0 Å². The maximum atomic E-state index is 11.8. The van der Waals surface area contributed by atoms with E-state index in [0.717, 1.165) is 0 Å². The largest absolute Gasteiger partial charge is 4.00 e. The normalized spacial score (nSPS) is 11.6. The Kier molecular flexibility index (Phi) is 11.8. The first-order valence-corrected chi connectivity index (χ1v) is 8.53. The van der Waals surface area contributed by atoms with Crippen LogP contribution in [0.25, 0.3) is 0 Å². The standard InChI is InChI=1S/C19H19N3O2S.O.V/c1-3-12-25-19(20-13-15-8-4-6-10-17(15)23)22-21-14(2)16-9-5-7-11-18(16)24;;/h3-11,13,23-24H,1,12H2,2H3;;/q;-2;+4/p-2/b20-13+,21-14+,22-19+;;. The molecule has 0 amide bonds. The van der Waals surface area contributed by atoms with E-state index in [-0.39, 0.29) is 35.5 Å². The van der Waals surface area contributed by atoms with E-state index in [2.05, 4.69) is 21.8 Å². The number of hydrogen-bond donors (Lipinski definition) is 0. The Bertz CT molecular complexity index is 838. The molecule has 0 atom stereocenters. The molecule has 2 rings (SSSR count). The fraction of sp³-hybridized carbons (Fsp3) is 0.105. The number of nitrogens with zero attached hydrogens (tertiary/aromatic N) is 3. The number of amidine groups is 1. The molecule has 0 fully saturated rings. The number of para-hydroxylation sites is 2. The van der Waals surface area contributed by atoms with Crippen LogP contribution in [0.5, 0.6) is 11.5 Å². The molecule has 2 aromatic rings. The summed E-state index contributed by atoms with van der Waals surface area (Å²) in [6.07, 6.45) is 3.18. The summed E-state index contributed by atoms with van der Waals surface area (Å²) in [5, 5.41) is 32.1. The molecule has 0 saturated heterocycles. The van der Waals surface area contributed by atoms with Crippen molar-refractivity contribution in [1.29, 1.82) is 0 Å². The van der Waals surface area contributed by atoms with Gasteiger partial charge >= 0.3 is 18.6 Å². The molecule has 0 saturated carbocycles. The first kappa shape index (κ1) is 24.7. The van der Waals surface area contributed by atoms with Crippen molar-refractivity contribution in [2.24, 2.45) is 15.2 Å². The zero-order valence-electron chi connectivity index (χ0n) is 14.6. The molecular weight excluding hydrogens is 401 g/mol. The molecule has 0 aliphatic rings. The molecule has 8 heteroatoms. The number of hydrogen-bond acceptors (Lipinski definition) is 5. The van der Waals surface area contributed by atoms with Crippen LogP contribution in [0.4, 0.5) is 0 Å². The van der Waals surface area contributed by atoms with E-state index in [0.29, 0.717) is 27.8 Å². The zero-order chi connectivity index (χ0) is 18.1. The van der Waals surface area contributed by atoms with Gasteiger partial charge in [-0.15, -0.1) is 17.4 Å². The summed E-state index contributed by atoms with van der Waals surface area (Å²) in [6, 6.07) is 13.2. The quantitative estimate of drug-likeness (QED) is 0.322. The first-order valence-electron chi connectivity index (χ1n) is 7.54. The van der Waals surface area contributed by atoms with Crippen molar-refractivity contribution in [2.45, 2.75) is 6.92 Å². The molecule has 0 unspecified atom stereocenters. The first-order chi connectivity index (χ1) is 12.1. The summed E-state index contributed by atoms with van der Waals surface area (Å²) in [5.74, 6) is 0.379. The van der Waals surface area contributed by atoms with Gasteiger partial charge in [0, 0.05) is 12.0 Å². The van der Waals surface area contributed by atoms with Gasteiger partial charge in [0.05, 0.1) is 5.71 Å². The Hall–Kier alpha value is -2.32. The van der Waals surface area contributed by atoms with E-state index in [1.54, 1.807) is 49.4 Å². The van der Waals surface area contributed by atoms with Gasteiger partial charge in [-0.1, -0.05) is 72.1 Å². The van der Waals surface area contributed by atoms with Gasteiger partial charge in [0.1, 0.15) is 0 Å². The van der Waals surface area contributed by atoms with Gasteiger partial charge < -0.3 is 15.7 Å². The molecule has 0 aliphatic heterocycles. The second-order valence-electron chi connectivity index (χ2n) is 4.96. The molecular formula is C19H17N3O3SV. The van der Waals surface area contributed by atoms with Crippen molar-refractivity contribution in [3.05, 3.63) is 72.3 Å². The molecule has 137 valence electrons. The van der Waals surface area contributed by atoms with Crippen molar-refractivity contribution in [3.63, 3.8) is 0 Å². The van der Waals surface area contributed by atoms with E-state index < -0.39 is 0 Å². The number of rotatable bonds is 5. The van der Waals surface area contributed by atoms with Crippen LogP contribution in [-0.4, -0.2) is 22.8 Å². The maximum Gasteiger partial charge on any atom is 4.00 e. The van der Waals surface area contributed by atoms with Crippen LogP contribution < -0.4 is 10.2 Å². The Balaban J connectivity index is 0.00000338. The Morgan fingerprint density at radius 2 is 1.67 bits per heavy atom. The molecule has 0 heterocycles. The van der Waals surface area contributed by atoms with Gasteiger partial charge in [0.2, 0.25) is 5.17 Å². The second kappa shape index (κ2) is 12.9. The van der Waals surface area contributed by atoms with Crippen molar-refractivity contribution in [2.75, 3.05) is 5.75 Å². The molecule has 1 radical (unpaired) electrons. The Morgan fingerprint density at radius 3 is 2.30 bits per heavy atom. The number of benzene rings is 2. The van der Waals surface area contributed by atoms with E-state index in [9.17, 15) is 10.2 Å². The van der Waals surface area contributed by atoms with Crippen LogP contribution >= 0.6 is 11.8 Å². The molecule has 27 heavy (non-hydrogen) atoms. The van der Waals surface area contributed by atoms with Gasteiger partial charge in [-0.05, 0) is 18.1 Å². The van der Waals surface area contributed by atoms with Gasteiger partial charge in [-0.3, -0.25) is 0 Å².